The zero-order valence-corrected chi connectivity index (χ0v) is 18.0. The molecule has 0 aliphatic rings. The van der Waals surface area contributed by atoms with Gasteiger partial charge in [0.15, 0.2) is 5.96 Å². The number of aliphatic hydroxyl groups is 1. The molecule has 1 heterocycles. The van der Waals surface area contributed by atoms with Gasteiger partial charge in [0.1, 0.15) is 0 Å². The maximum atomic E-state index is 9.11. The van der Waals surface area contributed by atoms with Gasteiger partial charge < -0.3 is 15.7 Å². The van der Waals surface area contributed by atoms with E-state index in [2.05, 4.69) is 51.5 Å². The van der Waals surface area contributed by atoms with Crippen molar-refractivity contribution in [3.05, 3.63) is 20.8 Å². The van der Waals surface area contributed by atoms with Crippen LogP contribution in [0, 0.1) is 5.92 Å². The van der Waals surface area contributed by atoms with E-state index in [0.29, 0.717) is 12.5 Å². The summed E-state index contributed by atoms with van der Waals surface area (Å²) < 4.78 is 1.14. The van der Waals surface area contributed by atoms with Gasteiger partial charge in [0.05, 0.1) is 10.3 Å². The lowest BCUT2D eigenvalue weighted by molar-refractivity contribution is 0.251. The van der Waals surface area contributed by atoms with Crippen LogP contribution in [0.5, 0.6) is 0 Å². The fourth-order valence-electron chi connectivity index (χ4n) is 2.12. The van der Waals surface area contributed by atoms with Gasteiger partial charge in [-0.2, -0.15) is 0 Å². The van der Waals surface area contributed by atoms with Crippen LogP contribution >= 0.6 is 51.2 Å². The first-order valence-corrected chi connectivity index (χ1v) is 9.17. The van der Waals surface area contributed by atoms with Gasteiger partial charge in [-0.15, -0.1) is 35.3 Å². The van der Waals surface area contributed by atoms with Gasteiger partial charge in [0.25, 0.3) is 0 Å². The Hall–Kier alpha value is 0.140. The van der Waals surface area contributed by atoms with Gasteiger partial charge in [-0.05, 0) is 53.7 Å². The molecule has 1 atom stereocenters. The van der Waals surface area contributed by atoms with Crippen molar-refractivity contribution < 1.29 is 5.11 Å². The van der Waals surface area contributed by atoms with E-state index < -0.39 is 0 Å². The number of aliphatic imine (C=N–C) groups is 1. The topological polar surface area (TPSA) is 56.6 Å². The Balaban J connectivity index is 0.00000441. The van der Waals surface area contributed by atoms with E-state index in [1.165, 1.54) is 4.88 Å². The van der Waals surface area contributed by atoms with Crippen molar-refractivity contribution in [3.8, 4) is 0 Å². The first-order valence-electron chi connectivity index (χ1n) is 7.56. The van der Waals surface area contributed by atoms with Crippen LogP contribution in [0.2, 0.25) is 0 Å². The number of hydrogen-bond donors (Lipinski definition) is 3. The van der Waals surface area contributed by atoms with E-state index in [4.69, 9.17) is 5.11 Å². The Labute approximate surface area is 163 Å². The molecule has 3 N–H and O–H groups in total. The quantitative estimate of drug-likeness (QED) is 0.271. The van der Waals surface area contributed by atoms with E-state index in [9.17, 15) is 0 Å². The van der Waals surface area contributed by atoms with Crippen LogP contribution in [-0.4, -0.2) is 30.8 Å². The Morgan fingerprint density at radius 3 is 2.64 bits per heavy atom. The highest BCUT2D eigenvalue weighted by molar-refractivity contribution is 14.0. The molecule has 0 aliphatic carbocycles. The number of hydrogen-bond acceptors (Lipinski definition) is 3. The number of guanidine groups is 1. The summed E-state index contributed by atoms with van der Waals surface area (Å²) in [7, 11) is 0. The third-order valence-electron chi connectivity index (χ3n) is 3.16. The Bertz CT molecular complexity index is 423. The van der Waals surface area contributed by atoms with Gasteiger partial charge >= 0.3 is 0 Å². The van der Waals surface area contributed by atoms with Gasteiger partial charge in [0, 0.05) is 24.6 Å². The zero-order valence-electron chi connectivity index (χ0n) is 13.3. The van der Waals surface area contributed by atoms with Gasteiger partial charge in [-0.25, -0.2) is 4.99 Å². The van der Waals surface area contributed by atoms with Crippen LogP contribution in [0.1, 0.15) is 38.0 Å². The lowest BCUT2D eigenvalue weighted by Gasteiger charge is -2.18. The van der Waals surface area contributed by atoms with E-state index in [1.54, 1.807) is 11.3 Å². The minimum absolute atomic E-state index is 0. The number of aliphatic hydroxyl groups excluding tert-OH is 1. The maximum Gasteiger partial charge on any atom is 0.191 e. The van der Waals surface area contributed by atoms with Crippen molar-refractivity contribution in [1.29, 1.82) is 0 Å². The highest BCUT2D eigenvalue weighted by Gasteiger charge is 2.08. The predicted molar refractivity (Wildman–Crippen MR) is 110 cm³/mol. The second-order valence-electron chi connectivity index (χ2n) is 4.95. The molecule has 0 saturated carbocycles. The number of nitrogens with one attached hydrogen (secondary N) is 2. The molecule has 0 saturated heterocycles. The molecule has 7 heteroatoms. The minimum Gasteiger partial charge on any atom is -0.396 e. The molecule has 0 aliphatic heterocycles. The molecule has 0 aromatic carbocycles. The normalized spacial score (nSPS) is 12.6. The van der Waals surface area contributed by atoms with Gasteiger partial charge in [-0.1, -0.05) is 13.3 Å². The van der Waals surface area contributed by atoms with Crippen LogP contribution in [0.15, 0.2) is 20.9 Å². The summed E-state index contributed by atoms with van der Waals surface area (Å²) in [4.78, 5) is 5.85. The molecule has 0 fully saturated rings. The SMILES string of the molecule is CCCC(CCO)CNC(=NCc1ccc(Br)s1)NCC.I. The summed E-state index contributed by atoms with van der Waals surface area (Å²) in [5, 5.41) is 15.8. The molecule has 4 nitrogen and oxygen atoms in total. The molecule has 0 radical (unpaired) electrons. The van der Waals surface area contributed by atoms with Crippen molar-refractivity contribution >= 4 is 57.2 Å². The second kappa shape index (κ2) is 13.6. The third kappa shape index (κ3) is 9.32. The minimum atomic E-state index is 0. The van der Waals surface area contributed by atoms with E-state index >= 15 is 0 Å². The van der Waals surface area contributed by atoms with Crippen LogP contribution in [0.4, 0.5) is 0 Å². The van der Waals surface area contributed by atoms with Crippen LogP contribution in [-0.2, 0) is 6.54 Å². The molecule has 0 amide bonds. The maximum absolute atomic E-state index is 9.11. The number of nitrogens with zero attached hydrogens (tertiary/aromatic N) is 1. The fourth-order valence-corrected chi connectivity index (χ4v) is 3.52. The smallest absolute Gasteiger partial charge is 0.191 e. The predicted octanol–water partition coefficient (Wildman–Crippen LogP) is 3.98. The third-order valence-corrected chi connectivity index (χ3v) is 4.77. The highest BCUT2D eigenvalue weighted by Crippen LogP contribution is 2.22. The molecule has 22 heavy (non-hydrogen) atoms. The molecule has 0 bridgehead atoms. The summed E-state index contributed by atoms with van der Waals surface area (Å²) in [5.41, 5.74) is 0. The van der Waals surface area contributed by atoms with Crippen molar-refractivity contribution in [2.75, 3.05) is 19.7 Å². The molecule has 0 spiro atoms. The molecular weight excluding hydrogens is 477 g/mol. The highest BCUT2D eigenvalue weighted by atomic mass is 127. The molecular formula is C15H27BrIN3OS. The van der Waals surface area contributed by atoms with Gasteiger partial charge in [-0.3, -0.25) is 0 Å². The number of thiophene rings is 1. The molecule has 1 aromatic heterocycles. The lowest BCUT2D eigenvalue weighted by Crippen LogP contribution is -2.40. The first kappa shape index (κ1) is 22.1. The standard InChI is InChI=1S/C15H26BrN3OS.HI/c1-3-5-12(8-9-20)10-18-15(17-4-2)19-11-13-6-7-14(16)21-13;/h6-7,12,20H,3-5,8-11H2,1-2H3,(H2,17,18,19);1H. The monoisotopic (exact) mass is 503 g/mol. The number of rotatable bonds is 9. The summed E-state index contributed by atoms with van der Waals surface area (Å²) >= 11 is 5.18. The van der Waals surface area contributed by atoms with Crippen LogP contribution in [0.25, 0.3) is 0 Å². The second-order valence-corrected chi connectivity index (χ2v) is 7.50. The van der Waals surface area contributed by atoms with E-state index in [1.807, 2.05) is 6.07 Å². The Kier molecular flexibility index (Phi) is 13.7. The van der Waals surface area contributed by atoms with E-state index in [-0.39, 0.29) is 30.6 Å². The Morgan fingerprint density at radius 2 is 2.09 bits per heavy atom. The van der Waals surface area contributed by atoms with Crippen molar-refractivity contribution in [3.63, 3.8) is 0 Å². The molecule has 1 unspecified atom stereocenters. The fraction of sp³-hybridized carbons (Fsp3) is 0.667. The summed E-state index contributed by atoms with van der Waals surface area (Å²) in [6.45, 7) is 6.88. The summed E-state index contributed by atoms with van der Waals surface area (Å²) in [6, 6.07) is 4.14. The van der Waals surface area contributed by atoms with Crippen molar-refractivity contribution in [2.24, 2.45) is 10.9 Å². The molecule has 1 rings (SSSR count). The average Bonchev–Trinajstić information content (AvgIpc) is 2.88. The average molecular weight is 504 g/mol. The zero-order chi connectivity index (χ0) is 15.5. The van der Waals surface area contributed by atoms with Crippen molar-refractivity contribution in [2.45, 2.75) is 39.7 Å². The van der Waals surface area contributed by atoms with Gasteiger partial charge in [0.2, 0.25) is 0 Å². The first-order chi connectivity index (χ1) is 10.2. The summed E-state index contributed by atoms with van der Waals surface area (Å²) in [6.07, 6.45) is 3.12. The van der Waals surface area contributed by atoms with Crippen molar-refractivity contribution in [1.82, 2.24) is 10.6 Å². The summed E-state index contributed by atoms with van der Waals surface area (Å²) in [5.74, 6) is 1.35. The van der Waals surface area contributed by atoms with E-state index in [0.717, 1.165) is 42.1 Å². The molecule has 1 aromatic rings. The largest absolute Gasteiger partial charge is 0.396 e. The Morgan fingerprint density at radius 1 is 1.32 bits per heavy atom. The molecule has 128 valence electrons. The number of halogens is 2. The lowest BCUT2D eigenvalue weighted by atomic mass is 10.0. The van der Waals surface area contributed by atoms with Crippen LogP contribution in [0.3, 0.4) is 0 Å². The van der Waals surface area contributed by atoms with Crippen LogP contribution < -0.4 is 10.6 Å².